The highest BCUT2D eigenvalue weighted by atomic mass is 35.5. The second-order valence-electron chi connectivity index (χ2n) is 6.41. The average molecular weight is 430 g/mol. The number of carbonyl (C=O) groups is 1. The van der Waals surface area contributed by atoms with Gasteiger partial charge in [0.15, 0.2) is 0 Å². The largest absolute Gasteiger partial charge is 0.344 e. The van der Waals surface area contributed by atoms with Crippen molar-refractivity contribution in [3.8, 4) is 0 Å². The van der Waals surface area contributed by atoms with E-state index in [0.717, 1.165) is 15.4 Å². The molecule has 0 aliphatic rings. The lowest BCUT2D eigenvalue weighted by Crippen LogP contribution is -2.40. The van der Waals surface area contributed by atoms with Gasteiger partial charge in [-0.3, -0.25) is 9.78 Å². The van der Waals surface area contributed by atoms with Crippen molar-refractivity contribution >= 4 is 27.5 Å². The van der Waals surface area contributed by atoms with Gasteiger partial charge in [0.25, 0.3) is 0 Å². The molecule has 29 heavy (non-hydrogen) atoms. The number of hydrogen-bond donors (Lipinski definition) is 1. The maximum absolute atomic E-state index is 12.7. The minimum Gasteiger partial charge on any atom is -0.344 e. The summed E-state index contributed by atoms with van der Waals surface area (Å²) < 4.78 is 26.2. The van der Waals surface area contributed by atoms with Crippen LogP contribution in [0.15, 0.2) is 84.0 Å². The first-order chi connectivity index (χ1) is 13.9. The highest BCUT2D eigenvalue weighted by Crippen LogP contribution is 2.23. The smallest absolute Gasteiger partial charge is 0.244 e. The standard InChI is InChI=1S/C21H20ClN3O3S/c1-25(29(27,28)19-8-5-13-23-14-19)15-20(26)24-21(16-6-3-2-4-7-16)17-9-11-18(22)12-10-17/h2-14,21H,15H2,1H3,(H,24,26). The Bertz CT molecular complexity index is 1060. The molecule has 0 fully saturated rings. The van der Waals surface area contributed by atoms with Crippen molar-refractivity contribution in [1.29, 1.82) is 0 Å². The van der Waals surface area contributed by atoms with Crippen molar-refractivity contribution < 1.29 is 13.2 Å². The monoisotopic (exact) mass is 429 g/mol. The number of carbonyl (C=O) groups excluding carboxylic acids is 1. The van der Waals surface area contributed by atoms with E-state index >= 15 is 0 Å². The van der Waals surface area contributed by atoms with Gasteiger partial charge < -0.3 is 5.32 Å². The lowest BCUT2D eigenvalue weighted by Gasteiger charge is -2.22. The van der Waals surface area contributed by atoms with Gasteiger partial charge in [-0.2, -0.15) is 4.31 Å². The molecule has 1 amide bonds. The van der Waals surface area contributed by atoms with Crippen LogP contribution < -0.4 is 5.32 Å². The third kappa shape index (κ3) is 5.20. The van der Waals surface area contributed by atoms with Gasteiger partial charge in [0.2, 0.25) is 15.9 Å². The molecule has 1 heterocycles. The van der Waals surface area contributed by atoms with E-state index in [9.17, 15) is 13.2 Å². The Balaban J connectivity index is 1.79. The lowest BCUT2D eigenvalue weighted by molar-refractivity contribution is -0.121. The Hall–Kier alpha value is -2.74. The molecule has 2 aromatic carbocycles. The van der Waals surface area contributed by atoms with Crippen LogP contribution >= 0.6 is 11.6 Å². The number of pyridine rings is 1. The summed E-state index contributed by atoms with van der Waals surface area (Å²) in [6.07, 6.45) is 2.74. The summed E-state index contributed by atoms with van der Waals surface area (Å²) >= 11 is 5.98. The fourth-order valence-corrected chi connectivity index (χ4v) is 4.05. The Morgan fingerprint density at radius 2 is 1.69 bits per heavy atom. The second kappa shape index (κ2) is 9.17. The van der Waals surface area contributed by atoms with E-state index in [1.54, 1.807) is 12.1 Å². The Morgan fingerprint density at radius 1 is 1.03 bits per heavy atom. The third-order valence-electron chi connectivity index (χ3n) is 4.35. The maximum atomic E-state index is 12.7. The molecule has 1 N–H and O–H groups in total. The molecule has 1 aromatic heterocycles. The first kappa shape index (κ1) is 21.0. The van der Waals surface area contributed by atoms with Gasteiger partial charge in [-0.15, -0.1) is 0 Å². The van der Waals surface area contributed by atoms with E-state index in [4.69, 9.17) is 11.6 Å². The van der Waals surface area contributed by atoms with Crippen molar-refractivity contribution in [1.82, 2.24) is 14.6 Å². The number of nitrogens with one attached hydrogen (secondary N) is 1. The van der Waals surface area contributed by atoms with Crippen molar-refractivity contribution in [2.45, 2.75) is 10.9 Å². The summed E-state index contributed by atoms with van der Waals surface area (Å²) in [5.74, 6) is -0.427. The van der Waals surface area contributed by atoms with Gasteiger partial charge in [-0.1, -0.05) is 54.1 Å². The molecule has 0 radical (unpaired) electrons. The summed E-state index contributed by atoms with van der Waals surface area (Å²) in [4.78, 5) is 16.6. The number of likely N-dealkylation sites (N-methyl/N-ethyl adjacent to an activating group) is 1. The molecule has 3 aromatic rings. The average Bonchev–Trinajstić information content (AvgIpc) is 2.74. The highest BCUT2D eigenvalue weighted by Gasteiger charge is 2.25. The van der Waals surface area contributed by atoms with Gasteiger partial charge in [-0.05, 0) is 35.4 Å². The maximum Gasteiger partial charge on any atom is 0.244 e. The molecule has 1 atom stereocenters. The molecular weight excluding hydrogens is 410 g/mol. The lowest BCUT2D eigenvalue weighted by atomic mass is 9.99. The van der Waals surface area contributed by atoms with Crippen LogP contribution in [-0.2, 0) is 14.8 Å². The fraction of sp³-hybridized carbons (Fsp3) is 0.143. The highest BCUT2D eigenvalue weighted by molar-refractivity contribution is 7.89. The molecule has 6 nitrogen and oxygen atoms in total. The zero-order valence-corrected chi connectivity index (χ0v) is 17.3. The number of nitrogens with zero attached hydrogens (tertiary/aromatic N) is 2. The predicted molar refractivity (Wildman–Crippen MR) is 112 cm³/mol. The van der Waals surface area contributed by atoms with E-state index in [1.165, 1.54) is 31.6 Å². The molecule has 0 spiro atoms. The van der Waals surface area contributed by atoms with Crippen LogP contribution in [0.4, 0.5) is 0 Å². The fourth-order valence-electron chi connectivity index (χ4n) is 2.83. The van der Waals surface area contributed by atoms with Crippen molar-refractivity contribution in [2.24, 2.45) is 0 Å². The van der Waals surface area contributed by atoms with Gasteiger partial charge in [-0.25, -0.2) is 8.42 Å². The first-order valence-electron chi connectivity index (χ1n) is 8.84. The Morgan fingerprint density at radius 3 is 2.31 bits per heavy atom. The number of rotatable bonds is 7. The molecular formula is C21H20ClN3O3S. The molecule has 0 aliphatic heterocycles. The Kier molecular flexibility index (Phi) is 6.64. The quantitative estimate of drug-likeness (QED) is 0.625. The number of hydrogen-bond acceptors (Lipinski definition) is 4. The van der Waals surface area contributed by atoms with Gasteiger partial charge >= 0.3 is 0 Å². The van der Waals surface area contributed by atoms with Crippen LogP contribution in [0.2, 0.25) is 5.02 Å². The van der Waals surface area contributed by atoms with Crippen LogP contribution in [0.1, 0.15) is 17.2 Å². The summed E-state index contributed by atoms with van der Waals surface area (Å²) in [5.41, 5.74) is 1.72. The SMILES string of the molecule is CN(CC(=O)NC(c1ccccc1)c1ccc(Cl)cc1)S(=O)(=O)c1cccnc1. The summed E-state index contributed by atoms with van der Waals surface area (Å²) in [6.45, 7) is -0.325. The third-order valence-corrected chi connectivity index (χ3v) is 6.39. The minimum atomic E-state index is -3.81. The summed E-state index contributed by atoms with van der Waals surface area (Å²) in [7, 11) is -2.45. The van der Waals surface area contributed by atoms with E-state index in [0.29, 0.717) is 5.02 Å². The number of halogens is 1. The van der Waals surface area contributed by atoms with Crippen LogP contribution in [-0.4, -0.2) is 37.2 Å². The van der Waals surface area contributed by atoms with Crippen LogP contribution in [0.3, 0.4) is 0 Å². The van der Waals surface area contributed by atoms with Crippen LogP contribution in [0, 0.1) is 0 Å². The van der Waals surface area contributed by atoms with Crippen molar-refractivity contribution in [2.75, 3.05) is 13.6 Å². The van der Waals surface area contributed by atoms with Crippen LogP contribution in [0.25, 0.3) is 0 Å². The predicted octanol–water partition coefficient (Wildman–Crippen LogP) is 3.26. The number of amides is 1. The molecule has 8 heteroatoms. The molecule has 0 aliphatic carbocycles. The van der Waals surface area contributed by atoms with Gasteiger partial charge in [0, 0.05) is 24.5 Å². The molecule has 1 unspecified atom stereocenters. The van der Waals surface area contributed by atoms with E-state index < -0.39 is 22.0 Å². The van der Waals surface area contributed by atoms with Crippen molar-refractivity contribution in [3.05, 3.63) is 95.3 Å². The molecule has 0 bridgehead atoms. The van der Waals surface area contributed by atoms with Crippen molar-refractivity contribution in [3.63, 3.8) is 0 Å². The van der Waals surface area contributed by atoms with E-state index in [-0.39, 0.29) is 11.4 Å². The number of sulfonamides is 1. The normalized spacial score (nSPS) is 12.5. The van der Waals surface area contributed by atoms with Gasteiger partial charge in [0.05, 0.1) is 12.6 Å². The number of aromatic nitrogens is 1. The van der Waals surface area contributed by atoms with Gasteiger partial charge in [0.1, 0.15) is 4.90 Å². The zero-order chi connectivity index (χ0) is 20.9. The molecule has 150 valence electrons. The van der Waals surface area contributed by atoms with E-state index in [1.807, 2.05) is 42.5 Å². The molecule has 3 rings (SSSR count). The minimum absolute atomic E-state index is 0.0348. The summed E-state index contributed by atoms with van der Waals surface area (Å²) in [5, 5.41) is 3.51. The topological polar surface area (TPSA) is 79.4 Å². The molecule has 0 saturated carbocycles. The summed E-state index contributed by atoms with van der Waals surface area (Å²) in [6, 6.07) is 19.1. The van der Waals surface area contributed by atoms with E-state index in [2.05, 4.69) is 10.3 Å². The molecule has 0 saturated heterocycles. The number of benzene rings is 2. The second-order valence-corrected chi connectivity index (χ2v) is 8.89. The zero-order valence-electron chi connectivity index (χ0n) is 15.7. The van der Waals surface area contributed by atoms with Crippen LogP contribution in [0.5, 0.6) is 0 Å². The Labute approximate surface area is 175 Å². The first-order valence-corrected chi connectivity index (χ1v) is 10.7.